The van der Waals surface area contributed by atoms with Crippen LogP contribution in [0.2, 0.25) is 0 Å². The quantitative estimate of drug-likeness (QED) is 0.417. The van der Waals surface area contributed by atoms with Crippen molar-refractivity contribution in [2.45, 2.75) is 19.4 Å². The number of carboxylic acids is 1. The number of thiazole rings is 1. The van der Waals surface area contributed by atoms with Gasteiger partial charge in [0.1, 0.15) is 11.4 Å². The molecule has 0 radical (unpaired) electrons. The number of benzene rings is 2. The van der Waals surface area contributed by atoms with Gasteiger partial charge in [-0.15, -0.1) is 21.5 Å². The standard InChI is InChI=1S/C22H17N5O3S/c28-22(29)10-20-26-25-19(30-20)9-21-24-17-7-6-15(8-18(17)31-21)16-11-23-27(13-16)12-14-4-2-1-3-5-14/h1-8,11,13H,9-10,12H2,(H,28,29). The molecule has 0 spiro atoms. The molecule has 5 rings (SSSR count). The predicted molar refractivity (Wildman–Crippen MR) is 115 cm³/mol. The van der Waals surface area contributed by atoms with Crippen LogP contribution in [0.25, 0.3) is 21.3 Å². The van der Waals surface area contributed by atoms with E-state index < -0.39 is 5.97 Å². The Kier molecular flexibility index (Phi) is 5.01. The molecule has 3 heterocycles. The number of hydrogen-bond donors (Lipinski definition) is 1. The van der Waals surface area contributed by atoms with Crippen molar-refractivity contribution in [2.75, 3.05) is 0 Å². The van der Waals surface area contributed by atoms with Crippen LogP contribution in [0.4, 0.5) is 0 Å². The Balaban J connectivity index is 1.34. The molecular formula is C22H17N5O3S. The molecule has 0 fully saturated rings. The average Bonchev–Trinajstić information content (AvgIpc) is 3.48. The van der Waals surface area contributed by atoms with Gasteiger partial charge in [0.15, 0.2) is 0 Å². The van der Waals surface area contributed by atoms with Crippen molar-refractivity contribution < 1.29 is 14.3 Å². The van der Waals surface area contributed by atoms with Gasteiger partial charge in [-0.05, 0) is 23.3 Å². The fourth-order valence-corrected chi connectivity index (χ4v) is 4.28. The second kappa shape index (κ2) is 8.11. The lowest BCUT2D eigenvalue weighted by atomic mass is 10.1. The number of carbonyl (C=O) groups is 1. The lowest BCUT2D eigenvalue weighted by Crippen LogP contribution is -1.99. The topological polar surface area (TPSA) is 107 Å². The van der Waals surface area contributed by atoms with Crippen molar-refractivity contribution >= 4 is 27.5 Å². The van der Waals surface area contributed by atoms with Crippen LogP contribution in [0.1, 0.15) is 22.4 Å². The molecule has 31 heavy (non-hydrogen) atoms. The van der Waals surface area contributed by atoms with Crippen molar-refractivity contribution in [3.05, 3.63) is 83.3 Å². The van der Waals surface area contributed by atoms with E-state index in [0.717, 1.165) is 32.9 Å². The molecule has 0 unspecified atom stereocenters. The highest BCUT2D eigenvalue weighted by Gasteiger charge is 2.13. The van der Waals surface area contributed by atoms with Crippen LogP contribution in [-0.2, 0) is 24.2 Å². The maximum absolute atomic E-state index is 10.8. The van der Waals surface area contributed by atoms with Crippen molar-refractivity contribution in [1.29, 1.82) is 0 Å². The Hall–Kier alpha value is -3.85. The van der Waals surface area contributed by atoms with E-state index in [9.17, 15) is 4.79 Å². The summed E-state index contributed by atoms with van der Waals surface area (Å²) in [4.78, 5) is 15.4. The SMILES string of the molecule is O=C(O)Cc1nnc(Cc2nc3ccc(-c4cnn(Cc5ccccc5)c4)cc3s2)o1. The molecule has 0 saturated carbocycles. The summed E-state index contributed by atoms with van der Waals surface area (Å²) in [7, 11) is 0. The highest BCUT2D eigenvalue weighted by molar-refractivity contribution is 7.18. The highest BCUT2D eigenvalue weighted by Crippen LogP contribution is 2.29. The summed E-state index contributed by atoms with van der Waals surface area (Å²) >= 11 is 1.55. The van der Waals surface area contributed by atoms with Crippen LogP contribution in [-0.4, -0.2) is 36.0 Å². The van der Waals surface area contributed by atoms with Gasteiger partial charge in [0.25, 0.3) is 0 Å². The molecule has 0 bridgehead atoms. The smallest absolute Gasteiger partial charge is 0.312 e. The maximum atomic E-state index is 10.8. The number of rotatable bonds is 7. The summed E-state index contributed by atoms with van der Waals surface area (Å²) in [6, 6.07) is 16.3. The third-order valence-electron chi connectivity index (χ3n) is 4.70. The number of carboxylic acid groups (broad SMARTS) is 1. The van der Waals surface area contributed by atoms with E-state index in [-0.39, 0.29) is 12.3 Å². The minimum Gasteiger partial charge on any atom is -0.481 e. The summed E-state index contributed by atoms with van der Waals surface area (Å²) < 4.78 is 8.37. The molecule has 0 aliphatic rings. The number of hydrogen-bond acceptors (Lipinski definition) is 7. The van der Waals surface area contributed by atoms with Crippen LogP contribution < -0.4 is 0 Å². The second-order valence-corrected chi connectivity index (χ2v) is 8.15. The minimum atomic E-state index is -1.00. The Morgan fingerprint density at radius 1 is 1.06 bits per heavy atom. The summed E-state index contributed by atoms with van der Waals surface area (Å²) in [5.74, 6) is -0.550. The van der Waals surface area contributed by atoms with Gasteiger partial charge in [0.2, 0.25) is 11.8 Å². The van der Waals surface area contributed by atoms with E-state index >= 15 is 0 Å². The van der Waals surface area contributed by atoms with Crippen LogP contribution in [0.3, 0.4) is 0 Å². The van der Waals surface area contributed by atoms with Crippen LogP contribution in [0, 0.1) is 0 Å². The molecule has 0 aliphatic heterocycles. The van der Waals surface area contributed by atoms with E-state index in [1.54, 1.807) is 11.3 Å². The highest BCUT2D eigenvalue weighted by atomic mass is 32.1. The fourth-order valence-electron chi connectivity index (χ4n) is 3.29. The molecule has 1 N–H and O–H groups in total. The Bertz CT molecular complexity index is 1360. The van der Waals surface area contributed by atoms with Crippen molar-refractivity contribution in [3.8, 4) is 11.1 Å². The van der Waals surface area contributed by atoms with E-state index in [0.29, 0.717) is 12.3 Å². The fraction of sp³-hybridized carbons (Fsp3) is 0.136. The summed E-state index contributed by atoms with van der Waals surface area (Å²) in [6.07, 6.45) is 4.00. The summed E-state index contributed by atoms with van der Waals surface area (Å²) in [5.41, 5.74) is 4.21. The zero-order valence-corrected chi connectivity index (χ0v) is 17.1. The monoisotopic (exact) mass is 431 g/mol. The first kappa shape index (κ1) is 19.1. The molecule has 0 amide bonds. The first-order valence-electron chi connectivity index (χ1n) is 9.62. The number of nitrogens with zero attached hydrogens (tertiary/aromatic N) is 5. The largest absolute Gasteiger partial charge is 0.481 e. The van der Waals surface area contributed by atoms with Gasteiger partial charge in [-0.1, -0.05) is 36.4 Å². The lowest BCUT2D eigenvalue weighted by molar-refractivity contribution is -0.136. The van der Waals surface area contributed by atoms with E-state index in [4.69, 9.17) is 9.52 Å². The molecule has 3 aromatic heterocycles. The molecule has 154 valence electrons. The predicted octanol–water partition coefficient (Wildman–Crippen LogP) is 3.81. The van der Waals surface area contributed by atoms with Gasteiger partial charge in [0, 0.05) is 11.8 Å². The number of aromatic nitrogens is 5. The first-order valence-corrected chi connectivity index (χ1v) is 10.4. The average molecular weight is 431 g/mol. The van der Waals surface area contributed by atoms with Crippen molar-refractivity contribution in [2.24, 2.45) is 0 Å². The van der Waals surface area contributed by atoms with Gasteiger partial charge in [0.05, 0.1) is 29.4 Å². The normalized spacial score (nSPS) is 11.2. The van der Waals surface area contributed by atoms with Crippen LogP contribution >= 0.6 is 11.3 Å². The molecule has 0 saturated heterocycles. The molecular weight excluding hydrogens is 414 g/mol. The van der Waals surface area contributed by atoms with Crippen LogP contribution in [0.5, 0.6) is 0 Å². The molecule has 8 nitrogen and oxygen atoms in total. The zero-order chi connectivity index (χ0) is 21.2. The third-order valence-corrected chi connectivity index (χ3v) is 5.72. The minimum absolute atomic E-state index is 0.0958. The molecule has 5 aromatic rings. The van der Waals surface area contributed by atoms with Crippen molar-refractivity contribution in [1.82, 2.24) is 25.0 Å². The Morgan fingerprint density at radius 2 is 1.90 bits per heavy atom. The van der Waals surface area contributed by atoms with Gasteiger partial charge in [-0.2, -0.15) is 5.10 Å². The molecule has 2 aromatic carbocycles. The molecule has 0 atom stereocenters. The summed E-state index contributed by atoms with van der Waals surface area (Å²) in [5, 5.41) is 21.8. The van der Waals surface area contributed by atoms with E-state index in [1.165, 1.54) is 5.56 Å². The van der Waals surface area contributed by atoms with E-state index in [2.05, 4.69) is 38.5 Å². The third kappa shape index (κ3) is 4.36. The Labute approximate surface area is 180 Å². The number of fused-ring (bicyclic) bond motifs is 1. The van der Waals surface area contributed by atoms with Gasteiger partial charge in [-0.3, -0.25) is 9.48 Å². The second-order valence-electron chi connectivity index (χ2n) is 7.04. The van der Waals surface area contributed by atoms with Gasteiger partial charge < -0.3 is 9.52 Å². The van der Waals surface area contributed by atoms with Gasteiger partial charge >= 0.3 is 5.97 Å². The lowest BCUT2D eigenvalue weighted by Gasteiger charge is -2.01. The molecule has 9 heteroatoms. The molecule has 0 aliphatic carbocycles. The van der Waals surface area contributed by atoms with Gasteiger partial charge in [-0.25, -0.2) is 4.98 Å². The van der Waals surface area contributed by atoms with Crippen molar-refractivity contribution in [3.63, 3.8) is 0 Å². The summed E-state index contributed by atoms with van der Waals surface area (Å²) in [6.45, 7) is 0.724. The number of aliphatic carboxylic acids is 1. The maximum Gasteiger partial charge on any atom is 0.312 e. The van der Waals surface area contributed by atoms with Crippen LogP contribution in [0.15, 0.2) is 65.3 Å². The zero-order valence-electron chi connectivity index (χ0n) is 16.3. The Morgan fingerprint density at radius 3 is 2.74 bits per heavy atom. The van der Waals surface area contributed by atoms with E-state index in [1.807, 2.05) is 47.4 Å². The first-order chi connectivity index (χ1) is 15.1.